The van der Waals surface area contributed by atoms with Crippen LogP contribution in [-0.4, -0.2) is 43.6 Å². The van der Waals surface area contributed by atoms with Gasteiger partial charge in [0.1, 0.15) is 0 Å². The molecule has 1 aliphatic rings. The van der Waals surface area contributed by atoms with Crippen LogP contribution in [0.25, 0.3) is 11.0 Å². The van der Waals surface area contributed by atoms with Crippen molar-refractivity contribution in [3.05, 3.63) is 88.0 Å². The van der Waals surface area contributed by atoms with Crippen LogP contribution in [0.5, 0.6) is 0 Å². The minimum absolute atomic E-state index is 0.0573. The van der Waals surface area contributed by atoms with Crippen molar-refractivity contribution < 1.29 is 4.79 Å². The summed E-state index contributed by atoms with van der Waals surface area (Å²) >= 11 is 0. The molecule has 8 nitrogen and oxygen atoms in total. The van der Waals surface area contributed by atoms with E-state index in [0.717, 1.165) is 29.0 Å². The molecule has 0 bridgehead atoms. The van der Waals surface area contributed by atoms with E-state index in [4.69, 9.17) is 4.98 Å². The van der Waals surface area contributed by atoms with Gasteiger partial charge < -0.3 is 14.8 Å². The Morgan fingerprint density at radius 3 is 2.81 bits per heavy atom. The maximum Gasteiger partial charge on any atom is 0.255 e. The van der Waals surface area contributed by atoms with Gasteiger partial charge in [0.05, 0.1) is 10.9 Å². The second-order valence-corrected chi connectivity index (χ2v) is 8.15. The molecule has 3 aromatic heterocycles. The fourth-order valence-corrected chi connectivity index (χ4v) is 4.15. The molecular weight excluding hydrogens is 404 g/mol. The number of rotatable bonds is 5. The highest BCUT2D eigenvalue weighted by molar-refractivity contribution is 5.94. The second-order valence-electron chi connectivity index (χ2n) is 8.15. The Morgan fingerprint density at radius 1 is 1.16 bits per heavy atom. The SMILES string of the molecule is Cn1cc(C(=O)N2CC[C@@H](c3ccc4c(NCc5ccccc5)n[nH]c4n3)C2)ccc1=O. The molecule has 8 heteroatoms. The molecule has 32 heavy (non-hydrogen) atoms. The van der Waals surface area contributed by atoms with Crippen molar-refractivity contribution in [3.63, 3.8) is 0 Å². The van der Waals surface area contributed by atoms with Crippen LogP contribution in [-0.2, 0) is 13.6 Å². The number of benzene rings is 1. The average Bonchev–Trinajstić information content (AvgIpc) is 3.47. The standard InChI is InChI=1S/C24H24N6O2/c1-29-14-18(7-10-21(29)31)24(32)30-12-11-17(15-30)20-9-8-19-22(27-28-23(19)26-20)25-13-16-5-3-2-4-6-16/h2-10,14,17H,11-13,15H2,1H3,(H2,25,26,27,28)/t17-/m1/s1. The first-order chi connectivity index (χ1) is 15.6. The summed E-state index contributed by atoms with van der Waals surface area (Å²) in [7, 11) is 1.65. The lowest BCUT2D eigenvalue weighted by Gasteiger charge is -2.17. The van der Waals surface area contributed by atoms with Crippen LogP contribution in [0.3, 0.4) is 0 Å². The lowest BCUT2D eigenvalue weighted by atomic mass is 10.0. The first-order valence-electron chi connectivity index (χ1n) is 10.7. The fourth-order valence-electron chi connectivity index (χ4n) is 4.15. The van der Waals surface area contributed by atoms with Gasteiger partial charge in [-0.2, -0.15) is 5.10 Å². The topological polar surface area (TPSA) is 95.9 Å². The molecule has 0 saturated carbocycles. The number of amides is 1. The van der Waals surface area contributed by atoms with Gasteiger partial charge in [-0.1, -0.05) is 30.3 Å². The number of fused-ring (bicyclic) bond motifs is 1. The average molecular weight is 428 g/mol. The molecule has 0 radical (unpaired) electrons. The van der Waals surface area contributed by atoms with Gasteiger partial charge >= 0.3 is 0 Å². The molecule has 1 aromatic carbocycles. The van der Waals surface area contributed by atoms with Crippen LogP contribution in [0, 0.1) is 0 Å². The van der Waals surface area contributed by atoms with Gasteiger partial charge in [-0.3, -0.25) is 14.7 Å². The van der Waals surface area contributed by atoms with Gasteiger partial charge in [0, 0.05) is 50.6 Å². The molecule has 162 valence electrons. The third-order valence-corrected chi connectivity index (χ3v) is 5.97. The third-order valence-electron chi connectivity index (χ3n) is 5.97. The summed E-state index contributed by atoms with van der Waals surface area (Å²) in [5.41, 5.74) is 3.27. The lowest BCUT2D eigenvalue weighted by molar-refractivity contribution is 0.0789. The van der Waals surface area contributed by atoms with Crippen LogP contribution in [0.1, 0.15) is 34.0 Å². The molecule has 0 spiro atoms. The predicted octanol–water partition coefficient (Wildman–Crippen LogP) is 2.90. The number of pyridine rings is 2. The van der Waals surface area contributed by atoms with Crippen molar-refractivity contribution in [1.82, 2.24) is 24.6 Å². The zero-order valence-electron chi connectivity index (χ0n) is 17.8. The summed E-state index contributed by atoms with van der Waals surface area (Å²) in [6, 6.07) is 17.3. The highest BCUT2D eigenvalue weighted by Gasteiger charge is 2.29. The maximum absolute atomic E-state index is 12.9. The Balaban J connectivity index is 1.28. The number of aromatic amines is 1. The Hall–Kier alpha value is -3.94. The van der Waals surface area contributed by atoms with E-state index in [1.54, 1.807) is 19.3 Å². The third kappa shape index (κ3) is 3.87. The first kappa shape index (κ1) is 20.0. The summed E-state index contributed by atoms with van der Waals surface area (Å²) in [5, 5.41) is 11.7. The molecule has 1 saturated heterocycles. The van der Waals surface area contributed by atoms with Crippen molar-refractivity contribution in [1.29, 1.82) is 0 Å². The molecule has 0 aliphatic carbocycles. The summed E-state index contributed by atoms with van der Waals surface area (Å²) in [5.74, 6) is 0.888. The first-order valence-corrected chi connectivity index (χ1v) is 10.7. The Morgan fingerprint density at radius 2 is 2.00 bits per heavy atom. The van der Waals surface area contributed by atoms with Crippen LogP contribution >= 0.6 is 0 Å². The predicted molar refractivity (Wildman–Crippen MR) is 123 cm³/mol. The Bertz CT molecular complexity index is 1330. The van der Waals surface area contributed by atoms with Gasteiger partial charge in [0.15, 0.2) is 11.5 Å². The van der Waals surface area contributed by atoms with Gasteiger partial charge in [0.2, 0.25) is 5.56 Å². The highest BCUT2D eigenvalue weighted by atomic mass is 16.2. The van der Waals surface area contributed by atoms with Crippen molar-refractivity contribution in [2.24, 2.45) is 7.05 Å². The van der Waals surface area contributed by atoms with Crippen LogP contribution in [0.2, 0.25) is 0 Å². The summed E-state index contributed by atoms with van der Waals surface area (Å²) < 4.78 is 1.43. The highest BCUT2D eigenvalue weighted by Crippen LogP contribution is 2.29. The summed E-state index contributed by atoms with van der Waals surface area (Å²) in [4.78, 5) is 31.1. The smallest absolute Gasteiger partial charge is 0.255 e. The Kier molecular flexibility index (Phi) is 5.18. The number of aromatic nitrogens is 4. The number of hydrogen-bond acceptors (Lipinski definition) is 5. The monoisotopic (exact) mass is 428 g/mol. The van der Waals surface area contributed by atoms with Crippen LogP contribution in [0.15, 0.2) is 65.6 Å². The largest absolute Gasteiger partial charge is 0.364 e. The second kappa shape index (κ2) is 8.30. The number of hydrogen-bond donors (Lipinski definition) is 2. The maximum atomic E-state index is 12.9. The number of carbonyl (C=O) groups excluding carboxylic acids is 1. The molecular formula is C24H24N6O2. The molecule has 1 amide bonds. The van der Waals surface area contributed by atoms with Gasteiger partial charge in [-0.05, 0) is 30.2 Å². The normalized spacial score (nSPS) is 15.9. The fraction of sp³-hybridized carbons (Fsp3) is 0.250. The van der Waals surface area contributed by atoms with Crippen molar-refractivity contribution in [2.45, 2.75) is 18.9 Å². The minimum atomic E-state index is -0.129. The van der Waals surface area contributed by atoms with E-state index < -0.39 is 0 Å². The summed E-state index contributed by atoms with van der Waals surface area (Å²) in [6.45, 7) is 1.96. The minimum Gasteiger partial charge on any atom is -0.364 e. The number of H-pyrrole nitrogens is 1. The quantitative estimate of drug-likeness (QED) is 0.510. The van der Waals surface area contributed by atoms with Gasteiger partial charge in [-0.25, -0.2) is 4.98 Å². The van der Waals surface area contributed by atoms with E-state index in [2.05, 4.69) is 27.6 Å². The lowest BCUT2D eigenvalue weighted by Crippen LogP contribution is -2.30. The molecule has 0 unspecified atom stereocenters. The molecule has 2 N–H and O–H groups in total. The van der Waals surface area contributed by atoms with E-state index >= 15 is 0 Å². The van der Waals surface area contributed by atoms with Crippen molar-refractivity contribution >= 4 is 22.8 Å². The van der Waals surface area contributed by atoms with E-state index in [-0.39, 0.29) is 17.4 Å². The molecule has 5 rings (SSSR count). The van der Waals surface area contributed by atoms with Crippen molar-refractivity contribution in [2.75, 3.05) is 18.4 Å². The van der Waals surface area contributed by atoms with Gasteiger partial charge in [-0.15, -0.1) is 0 Å². The Labute approximate surface area is 184 Å². The van der Waals surface area contributed by atoms with E-state index in [0.29, 0.717) is 25.2 Å². The zero-order chi connectivity index (χ0) is 22.1. The molecule has 4 heterocycles. The molecule has 1 atom stereocenters. The van der Waals surface area contributed by atoms with Gasteiger partial charge in [0.25, 0.3) is 5.91 Å². The van der Waals surface area contributed by atoms with Crippen molar-refractivity contribution in [3.8, 4) is 0 Å². The zero-order valence-corrected chi connectivity index (χ0v) is 17.8. The number of nitrogens with one attached hydrogen (secondary N) is 2. The molecule has 1 fully saturated rings. The number of carbonyl (C=O) groups is 1. The molecule has 1 aliphatic heterocycles. The van der Waals surface area contributed by atoms with E-state index in [1.165, 1.54) is 16.2 Å². The molecule has 4 aromatic rings. The van der Waals surface area contributed by atoms with E-state index in [1.807, 2.05) is 35.2 Å². The number of anilines is 1. The number of aryl methyl sites for hydroxylation is 1. The number of nitrogens with zero attached hydrogens (tertiary/aromatic N) is 4. The number of likely N-dealkylation sites (tertiary alicyclic amines) is 1. The van der Waals surface area contributed by atoms with Crippen LogP contribution in [0.4, 0.5) is 5.82 Å². The summed E-state index contributed by atoms with van der Waals surface area (Å²) in [6.07, 6.45) is 2.44. The van der Waals surface area contributed by atoms with E-state index in [9.17, 15) is 9.59 Å². The van der Waals surface area contributed by atoms with Crippen LogP contribution < -0.4 is 10.9 Å².